The molecule has 0 saturated carbocycles. The minimum Gasteiger partial charge on any atom is -0.371 e. The third kappa shape index (κ3) is 4.54. The maximum absolute atomic E-state index is 12.3. The van der Waals surface area contributed by atoms with Gasteiger partial charge in [-0.05, 0) is 48.9 Å². The fourth-order valence-electron chi connectivity index (χ4n) is 3.46. The summed E-state index contributed by atoms with van der Waals surface area (Å²) < 4.78 is 0. The summed E-state index contributed by atoms with van der Waals surface area (Å²) in [6.45, 7) is 6.91. The van der Waals surface area contributed by atoms with Crippen molar-refractivity contribution < 1.29 is 4.79 Å². The lowest BCUT2D eigenvalue weighted by Crippen LogP contribution is -2.34. The van der Waals surface area contributed by atoms with Crippen LogP contribution in [0.1, 0.15) is 48.3 Å². The number of aromatic amines is 1. The molecule has 1 saturated heterocycles. The molecule has 0 spiro atoms. The molecule has 26 heavy (non-hydrogen) atoms. The summed E-state index contributed by atoms with van der Waals surface area (Å²) in [5.74, 6) is 0.518. The van der Waals surface area contributed by atoms with Crippen LogP contribution in [0.5, 0.6) is 0 Å². The van der Waals surface area contributed by atoms with Gasteiger partial charge >= 0.3 is 0 Å². The lowest BCUT2D eigenvalue weighted by atomic mass is 9.99. The highest BCUT2D eigenvalue weighted by Gasteiger charge is 2.16. The first-order chi connectivity index (χ1) is 12.5. The number of rotatable bonds is 5. The van der Waals surface area contributed by atoms with Crippen molar-refractivity contribution in [2.75, 3.05) is 18.0 Å². The maximum Gasteiger partial charge on any atom is 0.251 e. The Morgan fingerprint density at radius 1 is 1.27 bits per heavy atom. The molecule has 3 rings (SSSR count). The largest absolute Gasteiger partial charge is 0.371 e. The Balaban J connectivity index is 1.60. The van der Waals surface area contributed by atoms with Gasteiger partial charge in [0.25, 0.3) is 5.91 Å². The molecule has 1 atom stereocenters. The summed E-state index contributed by atoms with van der Waals surface area (Å²) in [7, 11) is 0. The van der Waals surface area contributed by atoms with Gasteiger partial charge in [-0.3, -0.25) is 9.59 Å². The van der Waals surface area contributed by atoms with Crippen LogP contribution in [0.15, 0.2) is 41.2 Å². The average molecular weight is 353 g/mol. The van der Waals surface area contributed by atoms with Crippen molar-refractivity contribution in [1.29, 1.82) is 0 Å². The van der Waals surface area contributed by atoms with Gasteiger partial charge in [-0.1, -0.05) is 26.0 Å². The molecule has 1 aromatic carbocycles. The maximum atomic E-state index is 12.3. The topological polar surface area (TPSA) is 65.2 Å². The third-order valence-corrected chi connectivity index (χ3v) is 4.95. The van der Waals surface area contributed by atoms with Crippen molar-refractivity contribution in [1.82, 2.24) is 10.3 Å². The molecule has 5 nitrogen and oxygen atoms in total. The fourth-order valence-corrected chi connectivity index (χ4v) is 3.46. The highest BCUT2D eigenvalue weighted by molar-refractivity contribution is 5.94. The van der Waals surface area contributed by atoms with Crippen LogP contribution in [0.3, 0.4) is 0 Å². The Morgan fingerprint density at radius 3 is 2.73 bits per heavy atom. The number of carbonyl (C=O) groups is 1. The van der Waals surface area contributed by atoms with E-state index in [1.165, 1.54) is 24.6 Å². The van der Waals surface area contributed by atoms with Crippen LogP contribution < -0.4 is 15.8 Å². The van der Waals surface area contributed by atoms with Gasteiger partial charge in [-0.15, -0.1) is 0 Å². The predicted molar refractivity (Wildman–Crippen MR) is 105 cm³/mol. The van der Waals surface area contributed by atoms with Crippen molar-refractivity contribution in [2.24, 2.45) is 5.92 Å². The van der Waals surface area contributed by atoms with E-state index >= 15 is 0 Å². The summed E-state index contributed by atoms with van der Waals surface area (Å²) in [5, 5.41) is 2.89. The summed E-state index contributed by atoms with van der Waals surface area (Å²) in [6, 6.07) is 11.4. The number of piperidine rings is 1. The molecule has 1 fully saturated rings. The monoisotopic (exact) mass is 353 g/mol. The number of hydrogen-bond donors (Lipinski definition) is 2. The zero-order chi connectivity index (χ0) is 18.5. The van der Waals surface area contributed by atoms with E-state index in [4.69, 9.17) is 0 Å². The van der Waals surface area contributed by atoms with Crippen molar-refractivity contribution in [3.05, 3.63) is 63.6 Å². The predicted octanol–water partition coefficient (Wildman–Crippen LogP) is 3.10. The van der Waals surface area contributed by atoms with Gasteiger partial charge < -0.3 is 15.2 Å². The average Bonchev–Trinajstić information content (AvgIpc) is 2.66. The normalized spacial score (nSPS) is 17.2. The van der Waals surface area contributed by atoms with Crippen molar-refractivity contribution in [2.45, 2.75) is 39.7 Å². The van der Waals surface area contributed by atoms with Crippen LogP contribution in [0.4, 0.5) is 5.69 Å². The van der Waals surface area contributed by atoms with Gasteiger partial charge in [-0.25, -0.2) is 0 Å². The molecule has 2 N–H and O–H groups in total. The number of aryl methyl sites for hydroxylation is 1. The number of carbonyl (C=O) groups excluding carboxylic acids is 1. The highest BCUT2D eigenvalue weighted by Crippen LogP contribution is 2.23. The van der Waals surface area contributed by atoms with Gasteiger partial charge in [0.2, 0.25) is 5.56 Å². The zero-order valence-electron chi connectivity index (χ0n) is 15.5. The van der Waals surface area contributed by atoms with Crippen LogP contribution in [-0.2, 0) is 13.0 Å². The molecule has 0 aliphatic carbocycles. The SMILES string of the molecule is CCc1cc(C(=O)NCc2ccc(N3CCCC(C)C3)cc2)cc(=O)[nH]1. The number of nitrogens with zero attached hydrogens (tertiary/aromatic N) is 1. The van der Waals surface area contributed by atoms with Crippen LogP contribution in [0, 0.1) is 5.92 Å². The Labute approximate surface area is 154 Å². The first-order valence-electron chi connectivity index (χ1n) is 9.40. The lowest BCUT2D eigenvalue weighted by molar-refractivity contribution is 0.0950. The molecular formula is C21H27N3O2. The smallest absolute Gasteiger partial charge is 0.251 e. The minimum absolute atomic E-state index is 0.222. The van der Waals surface area contributed by atoms with Gasteiger partial charge in [0.15, 0.2) is 0 Å². The Kier molecular flexibility index (Phi) is 5.76. The summed E-state index contributed by atoms with van der Waals surface area (Å²) in [5.41, 5.74) is 3.23. The molecule has 1 aliphatic heterocycles. The molecule has 1 unspecified atom stereocenters. The number of amides is 1. The van der Waals surface area contributed by atoms with Gasteiger partial charge in [0.1, 0.15) is 0 Å². The molecule has 2 aromatic rings. The second-order valence-electron chi connectivity index (χ2n) is 7.15. The van der Waals surface area contributed by atoms with Gasteiger partial charge in [0.05, 0.1) is 0 Å². The zero-order valence-corrected chi connectivity index (χ0v) is 15.5. The number of pyridine rings is 1. The van der Waals surface area contributed by atoms with Crippen molar-refractivity contribution in [3.8, 4) is 0 Å². The number of aromatic nitrogens is 1. The van der Waals surface area contributed by atoms with Crippen molar-refractivity contribution in [3.63, 3.8) is 0 Å². The molecule has 138 valence electrons. The first-order valence-corrected chi connectivity index (χ1v) is 9.40. The molecular weight excluding hydrogens is 326 g/mol. The molecule has 1 aromatic heterocycles. The van der Waals surface area contributed by atoms with E-state index in [1.807, 2.05) is 6.92 Å². The van der Waals surface area contributed by atoms with Crippen LogP contribution >= 0.6 is 0 Å². The van der Waals surface area contributed by atoms with Gasteiger partial charge in [0, 0.05) is 42.6 Å². The van der Waals surface area contributed by atoms with Gasteiger partial charge in [-0.2, -0.15) is 0 Å². The van der Waals surface area contributed by atoms with E-state index in [0.29, 0.717) is 18.5 Å². The second kappa shape index (κ2) is 8.21. The molecule has 1 aliphatic rings. The van der Waals surface area contributed by atoms with E-state index in [1.54, 1.807) is 6.07 Å². The van der Waals surface area contributed by atoms with E-state index in [-0.39, 0.29) is 11.5 Å². The molecule has 2 heterocycles. The Hall–Kier alpha value is -2.56. The third-order valence-electron chi connectivity index (χ3n) is 4.95. The summed E-state index contributed by atoms with van der Waals surface area (Å²) in [4.78, 5) is 29.1. The second-order valence-corrected chi connectivity index (χ2v) is 7.15. The van der Waals surface area contributed by atoms with Crippen LogP contribution in [0.2, 0.25) is 0 Å². The molecule has 5 heteroatoms. The summed E-state index contributed by atoms with van der Waals surface area (Å²) in [6.07, 6.45) is 3.24. The van der Waals surface area contributed by atoms with Crippen LogP contribution in [0.25, 0.3) is 0 Å². The molecule has 1 amide bonds. The summed E-state index contributed by atoms with van der Waals surface area (Å²) >= 11 is 0. The first kappa shape index (κ1) is 18.2. The van der Waals surface area contributed by atoms with E-state index in [9.17, 15) is 9.59 Å². The van der Waals surface area contributed by atoms with E-state index < -0.39 is 0 Å². The van der Waals surface area contributed by atoms with Crippen molar-refractivity contribution >= 4 is 11.6 Å². The fraction of sp³-hybridized carbons (Fsp3) is 0.429. The lowest BCUT2D eigenvalue weighted by Gasteiger charge is -2.32. The van der Waals surface area contributed by atoms with E-state index in [2.05, 4.69) is 46.4 Å². The Bertz CT molecular complexity index is 811. The number of benzene rings is 1. The van der Waals surface area contributed by atoms with E-state index in [0.717, 1.165) is 30.3 Å². The Morgan fingerprint density at radius 2 is 2.04 bits per heavy atom. The number of nitrogens with one attached hydrogen (secondary N) is 2. The standard InChI is InChI=1S/C21H27N3O2/c1-3-18-11-17(12-20(25)23-18)21(26)22-13-16-6-8-19(9-7-16)24-10-4-5-15(2)14-24/h6-9,11-12,15H,3-5,10,13-14H2,1-2H3,(H,22,26)(H,23,25). The number of H-pyrrole nitrogens is 1. The quantitative estimate of drug-likeness (QED) is 0.868. The molecule has 0 bridgehead atoms. The minimum atomic E-state index is -0.241. The van der Waals surface area contributed by atoms with Crippen LogP contribution in [-0.4, -0.2) is 24.0 Å². The highest BCUT2D eigenvalue weighted by atomic mass is 16.2. The number of anilines is 1. The number of hydrogen-bond acceptors (Lipinski definition) is 3. The molecule has 0 radical (unpaired) electrons.